The third kappa shape index (κ3) is 5.73. The number of ether oxygens (including phenoxy) is 2. The standard InChI is InChI=1S/C22H29NO3/c1-2-5-17-7-9-18(10-8-17)11-12-19-14-20(24)15-22(23-19)26-16-21-6-3-4-13-25-21/h7-10,14-15,21H,2-6,11-13,16H2,1H3,(H,23,24). The van der Waals surface area contributed by atoms with Crippen molar-refractivity contribution in [1.29, 1.82) is 0 Å². The second kappa shape index (κ2) is 9.58. The Balaban J connectivity index is 1.55. The van der Waals surface area contributed by atoms with Crippen LogP contribution >= 0.6 is 0 Å². The molecule has 1 aliphatic heterocycles. The molecule has 0 bridgehead atoms. The Kier molecular flexibility index (Phi) is 6.89. The summed E-state index contributed by atoms with van der Waals surface area (Å²) in [5, 5.41) is 0. The quantitative estimate of drug-likeness (QED) is 0.777. The first-order valence-electron chi connectivity index (χ1n) is 9.78. The lowest BCUT2D eigenvalue weighted by atomic mass is 10.0. The number of aromatic amines is 1. The second-order valence-electron chi connectivity index (χ2n) is 7.07. The number of aromatic nitrogens is 1. The third-order valence-electron chi connectivity index (χ3n) is 4.82. The SMILES string of the molecule is CCCc1ccc(CCc2cc(=O)cc(OCC3CCCCO3)[nH]2)cc1. The lowest BCUT2D eigenvalue weighted by Gasteiger charge is -2.22. The van der Waals surface area contributed by atoms with Gasteiger partial charge in [-0.05, 0) is 49.7 Å². The van der Waals surface area contributed by atoms with E-state index >= 15 is 0 Å². The zero-order valence-corrected chi connectivity index (χ0v) is 15.6. The first-order valence-corrected chi connectivity index (χ1v) is 9.78. The third-order valence-corrected chi connectivity index (χ3v) is 4.82. The number of rotatable bonds is 8. The van der Waals surface area contributed by atoms with Crippen LogP contribution in [0.5, 0.6) is 5.88 Å². The highest BCUT2D eigenvalue weighted by atomic mass is 16.5. The predicted molar refractivity (Wildman–Crippen MR) is 104 cm³/mol. The van der Waals surface area contributed by atoms with Gasteiger partial charge in [0, 0.05) is 24.4 Å². The topological polar surface area (TPSA) is 51.3 Å². The van der Waals surface area contributed by atoms with Crippen LogP contribution in [0.15, 0.2) is 41.2 Å². The van der Waals surface area contributed by atoms with E-state index in [1.165, 1.54) is 30.0 Å². The molecule has 1 aromatic carbocycles. The largest absolute Gasteiger partial charge is 0.476 e. The monoisotopic (exact) mass is 355 g/mol. The maximum absolute atomic E-state index is 12.0. The lowest BCUT2D eigenvalue weighted by molar-refractivity contribution is -0.0120. The Morgan fingerprint density at radius 2 is 1.85 bits per heavy atom. The van der Waals surface area contributed by atoms with Crippen LogP contribution in [0.3, 0.4) is 0 Å². The summed E-state index contributed by atoms with van der Waals surface area (Å²) < 4.78 is 11.5. The molecule has 140 valence electrons. The summed E-state index contributed by atoms with van der Waals surface area (Å²) in [7, 11) is 0. The van der Waals surface area contributed by atoms with Gasteiger partial charge in [-0.25, -0.2) is 0 Å². The van der Waals surface area contributed by atoms with Gasteiger partial charge < -0.3 is 14.5 Å². The van der Waals surface area contributed by atoms with E-state index in [4.69, 9.17) is 9.47 Å². The van der Waals surface area contributed by atoms with Gasteiger partial charge in [0.25, 0.3) is 0 Å². The van der Waals surface area contributed by atoms with Crippen molar-refractivity contribution in [2.45, 2.75) is 58.0 Å². The Morgan fingerprint density at radius 1 is 1.08 bits per heavy atom. The van der Waals surface area contributed by atoms with E-state index in [1.54, 1.807) is 6.07 Å². The van der Waals surface area contributed by atoms with Crippen LogP contribution in [0.4, 0.5) is 0 Å². The fourth-order valence-corrected chi connectivity index (χ4v) is 3.35. The van der Waals surface area contributed by atoms with E-state index in [0.29, 0.717) is 12.5 Å². The molecule has 3 rings (SSSR count). The molecule has 26 heavy (non-hydrogen) atoms. The molecule has 0 amide bonds. The number of pyridine rings is 1. The minimum atomic E-state index is -0.0170. The van der Waals surface area contributed by atoms with Gasteiger partial charge in [-0.1, -0.05) is 37.6 Å². The van der Waals surface area contributed by atoms with Crippen molar-refractivity contribution < 1.29 is 9.47 Å². The van der Waals surface area contributed by atoms with Gasteiger partial charge >= 0.3 is 0 Å². The molecular weight excluding hydrogens is 326 g/mol. The zero-order chi connectivity index (χ0) is 18.2. The van der Waals surface area contributed by atoms with Crippen LogP contribution < -0.4 is 10.2 Å². The van der Waals surface area contributed by atoms with Crippen LogP contribution in [-0.4, -0.2) is 24.3 Å². The van der Waals surface area contributed by atoms with E-state index in [0.717, 1.165) is 44.4 Å². The number of nitrogens with one attached hydrogen (secondary N) is 1. The summed E-state index contributed by atoms with van der Waals surface area (Å²) in [5.74, 6) is 0.542. The number of hydrogen-bond acceptors (Lipinski definition) is 3. The summed E-state index contributed by atoms with van der Waals surface area (Å²) >= 11 is 0. The Labute approximate surface area is 155 Å². The Morgan fingerprint density at radius 3 is 2.54 bits per heavy atom. The van der Waals surface area contributed by atoms with Crippen LogP contribution in [-0.2, 0) is 24.0 Å². The molecule has 4 heteroatoms. The van der Waals surface area contributed by atoms with Gasteiger partial charge in [0.05, 0.1) is 6.10 Å². The average molecular weight is 355 g/mol. The smallest absolute Gasteiger partial charge is 0.194 e. The van der Waals surface area contributed by atoms with Crippen LogP contribution in [0.2, 0.25) is 0 Å². The maximum Gasteiger partial charge on any atom is 0.194 e. The van der Waals surface area contributed by atoms with Gasteiger partial charge in [-0.2, -0.15) is 0 Å². The number of benzene rings is 1. The van der Waals surface area contributed by atoms with Gasteiger partial charge in [0.15, 0.2) is 11.3 Å². The summed E-state index contributed by atoms with van der Waals surface area (Å²) in [6.07, 6.45) is 7.45. The lowest BCUT2D eigenvalue weighted by Crippen LogP contribution is -2.26. The summed E-state index contributed by atoms with van der Waals surface area (Å²) in [4.78, 5) is 15.2. The van der Waals surface area contributed by atoms with Crippen molar-refractivity contribution in [1.82, 2.24) is 4.98 Å². The highest BCUT2D eigenvalue weighted by molar-refractivity contribution is 5.24. The molecule has 1 atom stereocenters. The number of H-pyrrole nitrogens is 1. The molecule has 1 saturated heterocycles. The second-order valence-corrected chi connectivity index (χ2v) is 7.07. The molecule has 1 fully saturated rings. The first kappa shape index (κ1) is 18.7. The van der Waals surface area contributed by atoms with Crippen molar-refractivity contribution in [2.75, 3.05) is 13.2 Å². The molecule has 2 aromatic rings. The highest BCUT2D eigenvalue weighted by Gasteiger charge is 2.14. The molecule has 1 unspecified atom stereocenters. The van der Waals surface area contributed by atoms with Crippen LogP contribution in [0.1, 0.15) is 49.4 Å². The van der Waals surface area contributed by atoms with Crippen LogP contribution in [0, 0.1) is 0 Å². The Hall–Kier alpha value is -2.07. The molecule has 1 N–H and O–H groups in total. The molecule has 0 spiro atoms. The maximum atomic E-state index is 12.0. The van der Waals surface area contributed by atoms with E-state index < -0.39 is 0 Å². The van der Waals surface area contributed by atoms with E-state index in [-0.39, 0.29) is 11.5 Å². The van der Waals surface area contributed by atoms with Crippen molar-refractivity contribution in [2.24, 2.45) is 0 Å². The van der Waals surface area contributed by atoms with E-state index in [9.17, 15) is 4.79 Å². The summed E-state index contributed by atoms with van der Waals surface area (Å²) in [5.41, 5.74) is 3.56. The normalized spacial score (nSPS) is 17.2. The van der Waals surface area contributed by atoms with Crippen molar-refractivity contribution in [3.63, 3.8) is 0 Å². The van der Waals surface area contributed by atoms with Gasteiger partial charge in [-0.15, -0.1) is 0 Å². The molecule has 1 aliphatic rings. The first-order chi connectivity index (χ1) is 12.7. The molecule has 0 saturated carbocycles. The fraction of sp³-hybridized carbons (Fsp3) is 0.500. The molecular formula is C22H29NO3. The van der Waals surface area contributed by atoms with Gasteiger partial charge in [0.1, 0.15) is 6.61 Å². The zero-order valence-electron chi connectivity index (χ0n) is 15.6. The predicted octanol–water partition coefficient (Wildman–Crippen LogP) is 4.06. The van der Waals surface area contributed by atoms with Crippen molar-refractivity contribution >= 4 is 0 Å². The van der Waals surface area contributed by atoms with E-state index in [2.05, 4.69) is 36.2 Å². The molecule has 1 aromatic heterocycles. The van der Waals surface area contributed by atoms with Gasteiger partial charge in [-0.3, -0.25) is 4.79 Å². The van der Waals surface area contributed by atoms with E-state index in [1.807, 2.05) is 0 Å². The molecule has 0 aliphatic carbocycles. The highest BCUT2D eigenvalue weighted by Crippen LogP contribution is 2.15. The molecule has 2 heterocycles. The number of hydrogen-bond donors (Lipinski definition) is 1. The Bertz CT molecular complexity index is 730. The minimum Gasteiger partial charge on any atom is -0.476 e. The van der Waals surface area contributed by atoms with Crippen LogP contribution in [0.25, 0.3) is 0 Å². The van der Waals surface area contributed by atoms with Crippen molar-refractivity contribution in [3.05, 3.63) is 63.4 Å². The molecule has 4 nitrogen and oxygen atoms in total. The minimum absolute atomic E-state index is 0.0170. The summed E-state index contributed by atoms with van der Waals surface area (Å²) in [6, 6.07) is 11.9. The summed E-state index contributed by atoms with van der Waals surface area (Å²) in [6.45, 7) is 3.50. The fourth-order valence-electron chi connectivity index (χ4n) is 3.35. The number of aryl methyl sites for hydroxylation is 3. The molecule has 0 radical (unpaired) electrons. The van der Waals surface area contributed by atoms with Gasteiger partial charge in [0.2, 0.25) is 0 Å². The van der Waals surface area contributed by atoms with Crippen molar-refractivity contribution in [3.8, 4) is 5.88 Å². The average Bonchev–Trinajstić information content (AvgIpc) is 2.67.